The summed E-state index contributed by atoms with van der Waals surface area (Å²) in [6.45, 7) is 3.52. The monoisotopic (exact) mass is 530 g/mol. The largest absolute Gasteiger partial charge is 0.481 e. The molecule has 3 aromatic rings. The van der Waals surface area contributed by atoms with Gasteiger partial charge in [0.05, 0.1) is 10.0 Å². The lowest BCUT2D eigenvalue weighted by Crippen LogP contribution is -2.53. The first kappa shape index (κ1) is 27.5. The lowest BCUT2D eigenvalue weighted by atomic mass is 10.0. The molecule has 0 bridgehead atoms. The summed E-state index contributed by atoms with van der Waals surface area (Å²) < 4.78 is 19.6. The maximum absolute atomic E-state index is 14.1. The van der Waals surface area contributed by atoms with Crippen molar-refractivity contribution in [1.29, 1.82) is 0 Å². The van der Waals surface area contributed by atoms with Gasteiger partial charge in [-0.2, -0.15) is 0 Å². The van der Waals surface area contributed by atoms with E-state index in [9.17, 15) is 14.0 Å². The average Bonchev–Trinajstić information content (AvgIpc) is 2.88. The lowest BCUT2D eigenvalue weighted by Gasteiger charge is -2.32. The maximum Gasteiger partial charge on any atom is 0.261 e. The van der Waals surface area contributed by atoms with Crippen LogP contribution < -0.4 is 10.1 Å². The molecule has 2 atom stereocenters. The SMILES string of the molecule is CC[C@H](C)NC(=O)[C@@H](Cc1ccccc1)N(Cc1ccc(Cl)c(Cl)c1)C(=O)COc1ccccc1F. The summed E-state index contributed by atoms with van der Waals surface area (Å²) in [4.78, 5) is 28.4. The summed E-state index contributed by atoms with van der Waals surface area (Å²) in [7, 11) is 0. The zero-order chi connectivity index (χ0) is 26.1. The number of carbonyl (C=O) groups is 2. The number of halogens is 3. The first-order chi connectivity index (χ1) is 17.3. The van der Waals surface area contributed by atoms with Crippen molar-refractivity contribution in [1.82, 2.24) is 10.2 Å². The third-order valence-corrected chi connectivity index (χ3v) is 6.54. The summed E-state index contributed by atoms with van der Waals surface area (Å²) >= 11 is 12.3. The molecule has 190 valence electrons. The van der Waals surface area contributed by atoms with Gasteiger partial charge in [0.2, 0.25) is 5.91 Å². The van der Waals surface area contributed by atoms with Crippen LogP contribution in [-0.4, -0.2) is 35.4 Å². The van der Waals surface area contributed by atoms with Crippen molar-refractivity contribution in [3.8, 4) is 5.75 Å². The Labute approximate surface area is 221 Å². The van der Waals surface area contributed by atoms with Crippen LogP contribution in [0.4, 0.5) is 4.39 Å². The molecular formula is C28H29Cl2FN2O3. The molecule has 0 radical (unpaired) electrons. The molecule has 3 rings (SSSR count). The Bertz CT molecular complexity index is 1180. The van der Waals surface area contributed by atoms with Crippen molar-refractivity contribution >= 4 is 35.0 Å². The van der Waals surface area contributed by atoms with Gasteiger partial charge < -0.3 is 15.0 Å². The Morgan fingerprint density at radius 2 is 1.67 bits per heavy atom. The number of amides is 2. The van der Waals surface area contributed by atoms with Gasteiger partial charge in [-0.1, -0.05) is 78.7 Å². The van der Waals surface area contributed by atoms with Gasteiger partial charge in [-0.25, -0.2) is 4.39 Å². The highest BCUT2D eigenvalue weighted by Crippen LogP contribution is 2.24. The molecule has 0 saturated heterocycles. The van der Waals surface area contributed by atoms with Crippen LogP contribution in [0.2, 0.25) is 10.0 Å². The van der Waals surface area contributed by atoms with Crippen LogP contribution in [0.25, 0.3) is 0 Å². The average molecular weight is 531 g/mol. The molecule has 5 nitrogen and oxygen atoms in total. The second kappa shape index (κ2) is 13.3. The van der Waals surface area contributed by atoms with Crippen LogP contribution in [0.5, 0.6) is 5.75 Å². The molecule has 2 amide bonds. The highest BCUT2D eigenvalue weighted by molar-refractivity contribution is 6.42. The summed E-state index contributed by atoms with van der Waals surface area (Å²) in [5.41, 5.74) is 1.59. The van der Waals surface area contributed by atoms with Gasteiger partial charge in [-0.3, -0.25) is 9.59 Å². The number of rotatable bonds is 11. The van der Waals surface area contributed by atoms with E-state index in [1.165, 1.54) is 23.1 Å². The molecule has 8 heteroatoms. The molecule has 0 heterocycles. The Morgan fingerprint density at radius 1 is 0.972 bits per heavy atom. The van der Waals surface area contributed by atoms with Crippen molar-refractivity contribution in [3.05, 3.63) is 99.8 Å². The fourth-order valence-electron chi connectivity index (χ4n) is 3.61. The van der Waals surface area contributed by atoms with Crippen molar-refractivity contribution < 1.29 is 18.7 Å². The third-order valence-electron chi connectivity index (χ3n) is 5.80. The molecule has 36 heavy (non-hydrogen) atoms. The normalized spacial score (nSPS) is 12.5. The molecule has 1 N–H and O–H groups in total. The van der Waals surface area contributed by atoms with Gasteiger partial charge in [-0.05, 0) is 48.7 Å². The Balaban J connectivity index is 1.94. The van der Waals surface area contributed by atoms with Crippen molar-refractivity contribution in [2.24, 2.45) is 0 Å². The first-order valence-electron chi connectivity index (χ1n) is 11.7. The molecule has 0 aliphatic carbocycles. The molecule has 0 saturated carbocycles. The van der Waals surface area contributed by atoms with Crippen molar-refractivity contribution in [3.63, 3.8) is 0 Å². The van der Waals surface area contributed by atoms with E-state index in [1.807, 2.05) is 44.2 Å². The number of nitrogens with one attached hydrogen (secondary N) is 1. The number of para-hydroxylation sites is 1. The number of nitrogens with zero attached hydrogens (tertiary/aromatic N) is 1. The molecular weight excluding hydrogens is 502 g/mol. The van der Waals surface area contributed by atoms with Gasteiger partial charge in [0.25, 0.3) is 5.91 Å². The standard InChI is InChI=1S/C28H29Cl2FN2O3/c1-3-19(2)32-28(35)25(16-20-9-5-4-6-10-20)33(17-21-13-14-22(29)23(30)15-21)27(34)18-36-26-12-8-7-11-24(26)31/h4-15,19,25H,3,16-18H2,1-2H3,(H,32,35)/t19-,25+/m0/s1. The van der Waals surface area contributed by atoms with Crippen LogP contribution in [0, 0.1) is 5.82 Å². The minimum Gasteiger partial charge on any atom is -0.481 e. The van der Waals surface area contributed by atoms with Crippen LogP contribution in [0.3, 0.4) is 0 Å². The van der Waals surface area contributed by atoms with E-state index in [4.69, 9.17) is 27.9 Å². The number of carbonyl (C=O) groups excluding carboxylic acids is 2. The minimum absolute atomic E-state index is 0.0380. The van der Waals surface area contributed by atoms with Gasteiger partial charge in [-0.15, -0.1) is 0 Å². The first-order valence-corrected chi connectivity index (χ1v) is 12.5. The van der Waals surface area contributed by atoms with Crippen LogP contribution in [0.1, 0.15) is 31.4 Å². The summed E-state index contributed by atoms with van der Waals surface area (Å²) in [5.74, 6) is -1.36. The molecule has 0 aliphatic heterocycles. The van der Waals surface area contributed by atoms with Gasteiger partial charge in [0.15, 0.2) is 18.2 Å². The Kier molecular flexibility index (Phi) is 10.1. The van der Waals surface area contributed by atoms with Gasteiger partial charge in [0, 0.05) is 19.0 Å². The number of ether oxygens (including phenoxy) is 1. The smallest absolute Gasteiger partial charge is 0.261 e. The van der Waals surface area contributed by atoms with Crippen LogP contribution >= 0.6 is 23.2 Å². The quantitative estimate of drug-likeness (QED) is 0.327. The maximum atomic E-state index is 14.1. The minimum atomic E-state index is -0.840. The number of benzene rings is 3. The predicted molar refractivity (Wildman–Crippen MR) is 141 cm³/mol. The molecule has 0 aromatic heterocycles. The highest BCUT2D eigenvalue weighted by Gasteiger charge is 2.31. The predicted octanol–water partition coefficient (Wildman–Crippen LogP) is 6.07. The zero-order valence-electron chi connectivity index (χ0n) is 20.2. The van der Waals surface area contributed by atoms with E-state index in [1.54, 1.807) is 24.3 Å². The molecule has 0 spiro atoms. The fourth-order valence-corrected chi connectivity index (χ4v) is 3.93. The summed E-state index contributed by atoms with van der Waals surface area (Å²) in [5, 5.41) is 3.72. The Morgan fingerprint density at radius 3 is 2.33 bits per heavy atom. The van der Waals surface area contributed by atoms with Crippen LogP contribution in [0.15, 0.2) is 72.8 Å². The van der Waals surface area contributed by atoms with E-state index in [0.29, 0.717) is 15.6 Å². The van der Waals surface area contributed by atoms with E-state index in [-0.39, 0.29) is 30.7 Å². The fraction of sp³-hybridized carbons (Fsp3) is 0.286. The van der Waals surface area contributed by atoms with E-state index < -0.39 is 24.4 Å². The molecule has 3 aromatic carbocycles. The van der Waals surface area contributed by atoms with E-state index in [2.05, 4.69) is 5.32 Å². The Hall–Kier alpha value is -3.09. The van der Waals surface area contributed by atoms with Crippen molar-refractivity contribution in [2.45, 2.75) is 45.3 Å². The molecule has 0 aliphatic rings. The van der Waals surface area contributed by atoms with Gasteiger partial charge in [0.1, 0.15) is 6.04 Å². The molecule has 0 unspecified atom stereocenters. The topological polar surface area (TPSA) is 58.6 Å². The third kappa shape index (κ3) is 7.70. The second-order valence-electron chi connectivity index (χ2n) is 8.51. The number of hydrogen-bond acceptors (Lipinski definition) is 3. The summed E-state index contributed by atoms with van der Waals surface area (Å²) in [6.07, 6.45) is 1.02. The summed E-state index contributed by atoms with van der Waals surface area (Å²) in [6, 6.07) is 19.4. The second-order valence-corrected chi connectivity index (χ2v) is 9.33. The van der Waals surface area contributed by atoms with E-state index >= 15 is 0 Å². The van der Waals surface area contributed by atoms with E-state index in [0.717, 1.165) is 12.0 Å². The number of hydrogen-bond donors (Lipinski definition) is 1. The molecule has 0 fully saturated rings. The zero-order valence-corrected chi connectivity index (χ0v) is 21.7. The van der Waals surface area contributed by atoms with Crippen LogP contribution in [-0.2, 0) is 22.6 Å². The van der Waals surface area contributed by atoms with Crippen molar-refractivity contribution in [2.75, 3.05) is 6.61 Å². The van der Waals surface area contributed by atoms with Gasteiger partial charge >= 0.3 is 0 Å². The lowest BCUT2D eigenvalue weighted by molar-refractivity contribution is -0.143. The highest BCUT2D eigenvalue weighted by atomic mass is 35.5.